The second-order valence-electron chi connectivity index (χ2n) is 5.75. The number of thiazole rings is 1. The molecule has 3 rings (SSSR count). The quantitative estimate of drug-likeness (QED) is 0.519. The van der Waals surface area contributed by atoms with E-state index in [2.05, 4.69) is 10.3 Å². The number of hydrogen-bond acceptors (Lipinski definition) is 5. The summed E-state index contributed by atoms with van der Waals surface area (Å²) < 4.78 is 5.23. The molecule has 6 heteroatoms. The lowest BCUT2D eigenvalue weighted by atomic mass is 10.1. The summed E-state index contributed by atoms with van der Waals surface area (Å²) in [6.45, 7) is 1.90. The average molecular weight is 375 g/mol. The van der Waals surface area contributed by atoms with Crippen molar-refractivity contribution in [3.05, 3.63) is 70.7 Å². The number of methoxy groups -OCH3 is 1. The molecule has 2 aromatic carbocycles. The molecule has 134 valence electrons. The van der Waals surface area contributed by atoms with Gasteiger partial charge in [0.25, 0.3) is 5.91 Å². The summed E-state index contributed by atoms with van der Waals surface area (Å²) in [5, 5.41) is 14.7. The summed E-state index contributed by atoms with van der Waals surface area (Å²) in [5.74, 6) is 0.290. The minimum atomic E-state index is -0.456. The van der Waals surface area contributed by atoms with Gasteiger partial charge in [0, 0.05) is 16.6 Å². The Morgan fingerprint density at radius 3 is 2.81 bits per heavy atom. The fourth-order valence-corrected chi connectivity index (χ4v) is 3.21. The first-order chi connectivity index (χ1) is 13.1. The van der Waals surface area contributed by atoms with E-state index in [1.807, 2.05) is 60.8 Å². The first kappa shape index (κ1) is 18.4. The Hall–Kier alpha value is -3.43. The second-order valence-corrected chi connectivity index (χ2v) is 6.61. The zero-order chi connectivity index (χ0) is 19.2. The van der Waals surface area contributed by atoms with E-state index in [4.69, 9.17) is 4.74 Å². The molecule has 5 nitrogen and oxygen atoms in total. The van der Waals surface area contributed by atoms with Crippen LogP contribution in [0.1, 0.15) is 11.3 Å². The van der Waals surface area contributed by atoms with Gasteiger partial charge in [-0.25, -0.2) is 4.98 Å². The lowest BCUT2D eigenvalue weighted by molar-refractivity contribution is -0.112. The van der Waals surface area contributed by atoms with E-state index in [9.17, 15) is 10.1 Å². The molecular formula is C21H17N3O2S. The zero-order valence-electron chi connectivity index (χ0n) is 14.9. The number of aryl methyl sites for hydroxylation is 1. The fourth-order valence-electron chi connectivity index (χ4n) is 2.44. The van der Waals surface area contributed by atoms with Gasteiger partial charge >= 0.3 is 0 Å². The Morgan fingerprint density at radius 1 is 1.26 bits per heavy atom. The normalized spacial score (nSPS) is 10.9. The smallest absolute Gasteiger partial charge is 0.266 e. The standard InChI is InChI=1S/C21H17N3O2S/c1-14-6-3-4-9-19(14)24-20(25)16(12-22)10-17-13-27-21(23-17)15-7-5-8-18(11-15)26-2/h3-11,13H,1-2H3,(H,24,25)/b16-10-. The van der Waals surface area contributed by atoms with E-state index in [1.165, 1.54) is 17.4 Å². The lowest BCUT2D eigenvalue weighted by Gasteiger charge is -2.06. The molecule has 1 aromatic heterocycles. The molecule has 0 unspecified atom stereocenters. The second kappa shape index (κ2) is 8.30. The highest BCUT2D eigenvalue weighted by Gasteiger charge is 2.12. The molecule has 3 aromatic rings. The Balaban J connectivity index is 1.82. The summed E-state index contributed by atoms with van der Waals surface area (Å²) in [6, 6.07) is 16.9. The molecule has 1 amide bonds. The van der Waals surface area contributed by atoms with Crippen LogP contribution < -0.4 is 10.1 Å². The van der Waals surface area contributed by atoms with Crippen LogP contribution in [-0.2, 0) is 4.79 Å². The molecule has 0 bridgehead atoms. The van der Waals surface area contributed by atoms with E-state index in [1.54, 1.807) is 13.2 Å². The maximum Gasteiger partial charge on any atom is 0.266 e. The van der Waals surface area contributed by atoms with Crippen LogP contribution in [-0.4, -0.2) is 18.0 Å². The van der Waals surface area contributed by atoms with Crippen molar-refractivity contribution in [2.24, 2.45) is 0 Å². The van der Waals surface area contributed by atoms with Gasteiger partial charge in [-0.05, 0) is 36.8 Å². The molecule has 1 N–H and O–H groups in total. The van der Waals surface area contributed by atoms with E-state index in [-0.39, 0.29) is 5.57 Å². The minimum Gasteiger partial charge on any atom is -0.497 e. The van der Waals surface area contributed by atoms with Crippen LogP contribution in [0, 0.1) is 18.3 Å². The first-order valence-electron chi connectivity index (χ1n) is 8.19. The number of para-hydroxylation sites is 1. The number of nitrogens with zero attached hydrogens (tertiary/aromatic N) is 2. The van der Waals surface area contributed by atoms with Crippen molar-refractivity contribution in [2.75, 3.05) is 12.4 Å². The number of carbonyl (C=O) groups excluding carboxylic acids is 1. The van der Waals surface area contributed by atoms with Gasteiger partial charge in [-0.15, -0.1) is 11.3 Å². The van der Waals surface area contributed by atoms with Crippen molar-refractivity contribution >= 4 is 29.0 Å². The third-order valence-electron chi connectivity index (χ3n) is 3.89. The van der Waals surface area contributed by atoms with Crippen LogP contribution >= 0.6 is 11.3 Å². The topological polar surface area (TPSA) is 75.0 Å². The molecule has 0 aliphatic heterocycles. The number of rotatable bonds is 5. The summed E-state index contributed by atoms with van der Waals surface area (Å²) in [6.07, 6.45) is 1.49. The Morgan fingerprint density at radius 2 is 2.07 bits per heavy atom. The molecule has 0 fully saturated rings. The predicted octanol–water partition coefficient (Wildman–Crippen LogP) is 4.67. The third kappa shape index (κ3) is 4.40. The molecule has 0 radical (unpaired) electrons. The molecule has 0 saturated heterocycles. The molecule has 0 aliphatic carbocycles. The molecule has 0 aliphatic rings. The highest BCUT2D eigenvalue weighted by Crippen LogP contribution is 2.27. The number of nitriles is 1. The Bertz CT molecular complexity index is 1050. The molecular weight excluding hydrogens is 358 g/mol. The van der Waals surface area contributed by atoms with Gasteiger partial charge in [0.1, 0.15) is 22.4 Å². The SMILES string of the molecule is COc1cccc(-c2nc(/C=C(/C#N)C(=O)Nc3ccccc3C)cs2)c1. The van der Waals surface area contributed by atoms with Gasteiger partial charge in [-0.3, -0.25) is 4.79 Å². The van der Waals surface area contributed by atoms with Crippen LogP contribution in [0.3, 0.4) is 0 Å². The van der Waals surface area contributed by atoms with E-state index < -0.39 is 5.91 Å². The molecule has 27 heavy (non-hydrogen) atoms. The number of carbonyl (C=O) groups is 1. The fraction of sp³-hybridized carbons (Fsp3) is 0.0952. The lowest BCUT2D eigenvalue weighted by Crippen LogP contribution is -2.14. The van der Waals surface area contributed by atoms with Crippen LogP contribution in [0.25, 0.3) is 16.6 Å². The third-order valence-corrected chi connectivity index (χ3v) is 4.80. The minimum absolute atomic E-state index is 0.000690. The van der Waals surface area contributed by atoms with Crippen LogP contribution in [0.2, 0.25) is 0 Å². The largest absolute Gasteiger partial charge is 0.497 e. The van der Waals surface area contributed by atoms with Crippen LogP contribution in [0.5, 0.6) is 5.75 Å². The van der Waals surface area contributed by atoms with Crippen molar-refractivity contribution in [1.82, 2.24) is 4.98 Å². The van der Waals surface area contributed by atoms with E-state index >= 15 is 0 Å². The number of anilines is 1. The summed E-state index contributed by atoms with van der Waals surface area (Å²) in [7, 11) is 1.61. The van der Waals surface area contributed by atoms with Crippen LogP contribution in [0.15, 0.2) is 59.5 Å². The molecule has 0 spiro atoms. The molecule has 1 heterocycles. The number of ether oxygens (including phenoxy) is 1. The maximum absolute atomic E-state index is 12.4. The number of nitrogens with one attached hydrogen (secondary N) is 1. The summed E-state index contributed by atoms with van der Waals surface area (Å²) in [4.78, 5) is 16.9. The van der Waals surface area contributed by atoms with Gasteiger partial charge in [-0.2, -0.15) is 5.26 Å². The van der Waals surface area contributed by atoms with Gasteiger partial charge < -0.3 is 10.1 Å². The number of benzene rings is 2. The van der Waals surface area contributed by atoms with Crippen molar-refractivity contribution < 1.29 is 9.53 Å². The number of hydrogen-bond donors (Lipinski definition) is 1. The van der Waals surface area contributed by atoms with Crippen LogP contribution in [0.4, 0.5) is 5.69 Å². The maximum atomic E-state index is 12.4. The number of aromatic nitrogens is 1. The van der Waals surface area contributed by atoms with Crippen molar-refractivity contribution in [3.63, 3.8) is 0 Å². The van der Waals surface area contributed by atoms with Gasteiger partial charge in [0.05, 0.1) is 12.8 Å². The molecule has 0 atom stereocenters. The molecule has 0 saturated carbocycles. The van der Waals surface area contributed by atoms with E-state index in [0.29, 0.717) is 11.4 Å². The van der Waals surface area contributed by atoms with Crippen molar-refractivity contribution in [3.8, 4) is 22.4 Å². The summed E-state index contributed by atoms with van der Waals surface area (Å²) in [5.41, 5.74) is 3.09. The van der Waals surface area contributed by atoms with Gasteiger partial charge in [0.2, 0.25) is 0 Å². The monoisotopic (exact) mass is 375 g/mol. The Kier molecular flexibility index (Phi) is 5.64. The van der Waals surface area contributed by atoms with E-state index in [0.717, 1.165) is 21.9 Å². The average Bonchev–Trinajstić information content (AvgIpc) is 3.16. The van der Waals surface area contributed by atoms with Gasteiger partial charge in [-0.1, -0.05) is 30.3 Å². The predicted molar refractivity (Wildman–Crippen MR) is 108 cm³/mol. The highest BCUT2D eigenvalue weighted by molar-refractivity contribution is 7.13. The van der Waals surface area contributed by atoms with Gasteiger partial charge in [0.15, 0.2) is 0 Å². The summed E-state index contributed by atoms with van der Waals surface area (Å²) >= 11 is 1.44. The Labute approximate surface area is 161 Å². The van der Waals surface area contributed by atoms with Crippen molar-refractivity contribution in [2.45, 2.75) is 6.92 Å². The zero-order valence-corrected chi connectivity index (χ0v) is 15.7. The first-order valence-corrected chi connectivity index (χ1v) is 9.07. The highest BCUT2D eigenvalue weighted by atomic mass is 32.1. The van der Waals surface area contributed by atoms with Crippen molar-refractivity contribution in [1.29, 1.82) is 5.26 Å². The number of amides is 1.